The molecule has 1 aromatic carbocycles. The van der Waals surface area contributed by atoms with Gasteiger partial charge in [0.05, 0.1) is 15.9 Å². The smallest absolute Gasteiger partial charge is 0.220 e. The van der Waals surface area contributed by atoms with Crippen LogP contribution in [0.1, 0.15) is 6.92 Å². The van der Waals surface area contributed by atoms with Gasteiger partial charge in [-0.25, -0.2) is 4.68 Å². The molecule has 0 radical (unpaired) electrons. The molecular weight excluding hydrogens is 270 g/mol. The lowest BCUT2D eigenvalue weighted by Crippen LogP contribution is -1.98. The summed E-state index contributed by atoms with van der Waals surface area (Å²) >= 11 is 9.21. The second-order valence-corrected chi connectivity index (χ2v) is 4.09. The molecule has 0 fully saturated rings. The fraction of sp³-hybridized carbons (Fsp3) is 0.222. The fourth-order valence-electron chi connectivity index (χ4n) is 1.33. The highest BCUT2D eigenvalue weighted by Crippen LogP contribution is 2.32. The van der Waals surface area contributed by atoms with Crippen LogP contribution in [0.5, 0.6) is 0 Å². The molecule has 74 valence electrons. The van der Waals surface area contributed by atoms with Gasteiger partial charge in [0.2, 0.25) is 5.95 Å². The number of fused-ring (bicyclic) bond motifs is 1. The lowest BCUT2D eigenvalue weighted by Gasteiger charge is -1.96. The summed E-state index contributed by atoms with van der Waals surface area (Å²) in [6.45, 7) is 2.33. The number of benzene rings is 1. The molecule has 0 aliphatic rings. The molecule has 1 heterocycles. The lowest BCUT2D eigenvalue weighted by molar-refractivity contribution is 0.478. The van der Waals surface area contributed by atoms with Gasteiger partial charge in [0.25, 0.3) is 0 Å². The molecule has 0 saturated heterocycles. The van der Waals surface area contributed by atoms with E-state index >= 15 is 0 Å². The van der Waals surface area contributed by atoms with Crippen molar-refractivity contribution >= 4 is 38.4 Å². The lowest BCUT2D eigenvalue weighted by atomic mass is 10.2. The molecule has 0 aliphatic heterocycles. The first-order valence-electron chi connectivity index (χ1n) is 4.15. The highest BCUT2D eigenvalue weighted by Gasteiger charge is 2.14. The van der Waals surface area contributed by atoms with Crippen LogP contribution in [0, 0.1) is 5.95 Å². The van der Waals surface area contributed by atoms with Gasteiger partial charge in [-0.2, -0.15) is 9.49 Å². The van der Waals surface area contributed by atoms with Crippen LogP contribution in [0.15, 0.2) is 16.6 Å². The third-order valence-electron chi connectivity index (χ3n) is 2.03. The van der Waals surface area contributed by atoms with E-state index < -0.39 is 0 Å². The van der Waals surface area contributed by atoms with E-state index in [-0.39, 0.29) is 5.95 Å². The molecule has 0 unspecified atom stereocenters. The maximum atomic E-state index is 13.7. The van der Waals surface area contributed by atoms with Gasteiger partial charge >= 0.3 is 0 Å². The Morgan fingerprint density at radius 3 is 2.93 bits per heavy atom. The standard InChI is InChI=1S/C9H7BrClFN2/c1-2-14-9(12)7-6(13-14)4-3-5(10)8(7)11/h3-4H,2H2,1H3. The number of nitrogens with zero attached hydrogens (tertiary/aromatic N) is 2. The van der Waals surface area contributed by atoms with E-state index in [9.17, 15) is 4.39 Å². The van der Waals surface area contributed by atoms with Crippen LogP contribution < -0.4 is 0 Å². The van der Waals surface area contributed by atoms with Crippen LogP contribution in [0.4, 0.5) is 4.39 Å². The molecule has 1 aromatic heterocycles. The van der Waals surface area contributed by atoms with Crippen molar-refractivity contribution in [1.82, 2.24) is 9.78 Å². The van der Waals surface area contributed by atoms with Crippen LogP contribution in [0.25, 0.3) is 10.9 Å². The predicted molar refractivity (Wildman–Crippen MR) is 58.1 cm³/mol. The summed E-state index contributed by atoms with van der Waals surface area (Å²) in [5, 5.41) is 4.82. The number of aryl methyl sites for hydroxylation is 1. The molecule has 0 spiro atoms. The fourth-order valence-corrected chi connectivity index (χ4v) is 1.90. The van der Waals surface area contributed by atoms with Crippen molar-refractivity contribution in [3.8, 4) is 0 Å². The van der Waals surface area contributed by atoms with E-state index in [0.29, 0.717) is 26.9 Å². The van der Waals surface area contributed by atoms with Gasteiger partial charge < -0.3 is 0 Å². The van der Waals surface area contributed by atoms with E-state index in [2.05, 4.69) is 21.0 Å². The van der Waals surface area contributed by atoms with Crippen LogP contribution in [0.3, 0.4) is 0 Å². The molecule has 0 N–H and O–H groups in total. The van der Waals surface area contributed by atoms with Crippen molar-refractivity contribution in [1.29, 1.82) is 0 Å². The van der Waals surface area contributed by atoms with E-state index in [1.165, 1.54) is 4.68 Å². The minimum absolute atomic E-state index is 0.375. The quantitative estimate of drug-likeness (QED) is 0.778. The summed E-state index contributed by atoms with van der Waals surface area (Å²) in [4.78, 5) is 0. The molecule has 5 heteroatoms. The largest absolute Gasteiger partial charge is 0.239 e. The van der Waals surface area contributed by atoms with Crippen molar-refractivity contribution in [2.75, 3.05) is 0 Å². The Morgan fingerprint density at radius 2 is 2.29 bits per heavy atom. The van der Waals surface area contributed by atoms with Gasteiger partial charge in [0.15, 0.2) is 0 Å². The first-order valence-corrected chi connectivity index (χ1v) is 5.32. The summed E-state index contributed by atoms with van der Waals surface area (Å²) < 4.78 is 15.6. The van der Waals surface area contributed by atoms with Gasteiger partial charge in [-0.1, -0.05) is 11.6 Å². The Kier molecular flexibility index (Phi) is 2.49. The number of rotatable bonds is 1. The van der Waals surface area contributed by atoms with Crippen LogP contribution in [0.2, 0.25) is 5.02 Å². The monoisotopic (exact) mass is 276 g/mol. The van der Waals surface area contributed by atoms with Crippen molar-refractivity contribution in [2.24, 2.45) is 0 Å². The topological polar surface area (TPSA) is 17.8 Å². The van der Waals surface area contributed by atoms with E-state index in [1.807, 2.05) is 6.92 Å². The molecule has 2 aromatic rings. The number of halogens is 3. The van der Waals surface area contributed by atoms with Crippen LogP contribution in [-0.4, -0.2) is 9.78 Å². The highest BCUT2D eigenvalue weighted by atomic mass is 79.9. The van der Waals surface area contributed by atoms with Gasteiger partial charge in [-0.15, -0.1) is 0 Å². The Balaban J connectivity index is 2.87. The summed E-state index contributed by atoms with van der Waals surface area (Å²) in [5.41, 5.74) is 0.581. The molecular formula is C9H7BrClFN2. The highest BCUT2D eigenvalue weighted by molar-refractivity contribution is 9.10. The summed E-state index contributed by atoms with van der Waals surface area (Å²) in [7, 11) is 0. The third kappa shape index (κ3) is 1.33. The third-order valence-corrected chi connectivity index (χ3v) is 3.32. The zero-order valence-electron chi connectivity index (χ0n) is 7.39. The first kappa shape index (κ1) is 9.93. The van der Waals surface area contributed by atoms with Crippen LogP contribution >= 0.6 is 27.5 Å². The SMILES string of the molecule is CCn1nc2ccc(Br)c(Cl)c2c1F. The number of aromatic nitrogens is 2. The molecule has 0 atom stereocenters. The number of hydrogen-bond donors (Lipinski definition) is 0. The Labute approximate surface area is 93.8 Å². The van der Waals surface area contributed by atoms with E-state index in [4.69, 9.17) is 11.6 Å². The molecule has 0 amide bonds. The maximum absolute atomic E-state index is 13.7. The first-order chi connectivity index (χ1) is 6.65. The predicted octanol–water partition coefficient (Wildman–Crippen LogP) is 3.61. The zero-order chi connectivity index (χ0) is 10.3. The maximum Gasteiger partial charge on any atom is 0.220 e. The Morgan fingerprint density at radius 1 is 1.57 bits per heavy atom. The van der Waals surface area contributed by atoms with Crippen molar-refractivity contribution in [2.45, 2.75) is 13.5 Å². The van der Waals surface area contributed by atoms with Crippen molar-refractivity contribution in [3.63, 3.8) is 0 Å². The molecule has 14 heavy (non-hydrogen) atoms. The molecule has 0 bridgehead atoms. The summed E-state index contributed by atoms with van der Waals surface area (Å²) in [6, 6.07) is 3.50. The molecule has 0 aliphatic carbocycles. The van der Waals surface area contributed by atoms with Gasteiger partial charge in [0.1, 0.15) is 0 Å². The van der Waals surface area contributed by atoms with E-state index in [1.54, 1.807) is 12.1 Å². The molecule has 0 saturated carbocycles. The summed E-state index contributed by atoms with van der Waals surface area (Å²) in [5.74, 6) is -0.381. The molecule has 2 nitrogen and oxygen atoms in total. The van der Waals surface area contributed by atoms with Gasteiger partial charge in [0, 0.05) is 11.0 Å². The second-order valence-electron chi connectivity index (χ2n) is 2.86. The summed E-state index contributed by atoms with van der Waals surface area (Å²) in [6.07, 6.45) is 0. The van der Waals surface area contributed by atoms with Gasteiger partial charge in [-0.3, -0.25) is 0 Å². The minimum atomic E-state index is -0.381. The average Bonchev–Trinajstić information content (AvgIpc) is 2.50. The van der Waals surface area contributed by atoms with Crippen LogP contribution in [-0.2, 0) is 6.54 Å². The zero-order valence-corrected chi connectivity index (χ0v) is 9.73. The van der Waals surface area contributed by atoms with Crippen molar-refractivity contribution < 1.29 is 4.39 Å². The Hall–Kier alpha value is -0.610. The normalized spacial score (nSPS) is 11.1. The second kappa shape index (κ2) is 3.51. The van der Waals surface area contributed by atoms with Crippen molar-refractivity contribution in [3.05, 3.63) is 27.6 Å². The van der Waals surface area contributed by atoms with E-state index in [0.717, 1.165) is 0 Å². The minimum Gasteiger partial charge on any atom is -0.239 e. The number of hydrogen-bond acceptors (Lipinski definition) is 1. The average molecular weight is 278 g/mol. The van der Waals surface area contributed by atoms with Gasteiger partial charge in [-0.05, 0) is 35.0 Å². The molecule has 2 rings (SSSR count). The Bertz CT molecular complexity index is 495.